The summed E-state index contributed by atoms with van der Waals surface area (Å²) in [5.74, 6) is 1.61. The van der Waals surface area contributed by atoms with Gasteiger partial charge >= 0.3 is 0 Å². The van der Waals surface area contributed by atoms with Crippen LogP contribution in [0.15, 0.2) is 84.9 Å². The Morgan fingerprint density at radius 1 is 0.750 bits per heavy atom. The molecule has 0 spiro atoms. The van der Waals surface area contributed by atoms with Crippen molar-refractivity contribution in [3.05, 3.63) is 96.1 Å². The van der Waals surface area contributed by atoms with Crippen LogP contribution in [0.2, 0.25) is 0 Å². The van der Waals surface area contributed by atoms with Crippen molar-refractivity contribution in [1.82, 2.24) is 4.90 Å². The fourth-order valence-electron chi connectivity index (χ4n) is 3.08. The molecule has 3 aromatic rings. The van der Waals surface area contributed by atoms with Gasteiger partial charge in [-0.1, -0.05) is 60.7 Å². The number of para-hydroxylation sites is 1. The van der Waals surface area contributed by atoms with Gasteiger partial charge in [-0.2, -0.15) is 0 Å². The summed E-state index contributed by atoms with van der Waals surface area (Å²) in [7, 11) is 1.67. The summed E-state index contributed by atoms with van der Waals surface area (Å²) in [6, 6.07) is 27.9. The molecule has 1 unspecified atom stereocenters. The summed E-state index contributed by atoms with van der Waals surface area (Å²) in [4.78, 5) is 2.23. The second kappa shape index (κ2) is 10.5. The predicted molar refractivity (Wildman–Crippen MR) is 111 cm³/mol. The third-order valence-electron chi connectivity index (χ3n) is 4.47. The first-order valence-corrected chi connectivity index (χ1v) is 9.48. The molecule has 1 atom stereocenters. The van der Waals surface area contributed by atoms with Gasteiger partial charge in [-0.3, -0.25) is 4.90 Å². The van der Waals surface area contributed by atoms with Crippen molar-refractivity contribution in [2.24, 2.45) is 0 Å². The fourth-order valence-corrected chi connectivity index (χ4v) is 3.08. The Kier molecular flexibility index (Phi) is 7.47. The van der Waals surface area contributed by atoms with Crippen LogP contribution in [0, 0.1) is 0 Å². The molecule has 4 nitrogen and oxygen atoms in total. The number of benzene rings is 3. The van der Waals surface area contributed by atoms with Gasteiger partial charge < -0.3 is 14.6 Å². The first-order chi connectivity index (χ1) is 13.7. The first-order valence-electron chi connectivity index (χ1n) is 9.48. The number of ether oxygens (including phenoxy) is 2. The second-order valence-electron chi connectivity index (χ2n) is 6.78. The Balaban J connectivity index is 1.62. The highest BCUT2D eigenvalue weighted by atomic mass is 16.5. The smallest absolute Gasteiger partial charge is 0.119 e. The SMILES string of the molecule is COc1ccc(CN(Cc2ccccc2)CC(O)COc2ccccc2)cc1. The van der Waals surface area contributed by atoms with E-state index in [4.69, 9.17) is 9.47 Å². The lowest BCUT2D eigenvalue weighted by Crippen LogP contribution is -2.35. The zero-order valence-corrected chi connectivity index (χ0v) is 16.2. The van der Waals surface area contributed by atoms with E-state index in [-0.39, 0.29) is 6.61 Å². The van der Waals surface area contributed by atoms with Gasteiger partial charge in [0.1, 0.15) is 24.2 Å². The molecule has 0 fully saturated rings. The van der Waals surface area contributed by atoms with Crippen LogP contribution < -0.4 is 9.47 Å². The maximum absolute atomic E-state index is 10.5. The van der Waals surface area contributed by atoms with E-state index in [2.05, 4.69) is 29.2 Å². The summed E-state index contributed by atoms with van der Waals surface area (Å²) >= 11 is 0. The number of methoxy groups -OCH3 is 1. The second-order valence-corrected chi connectivity index (χ2v) is 6.78. The van der Waals surface area contributed by atoms with E-state index in [1.54, 1.807) is 7.11 Å². The molecule has 0 aromatic heterocycles. The van der Waals surface area contributed by atoms with Crippen molar-refractivity contribution < 1.29 is 14.6 Å². The average Bonchev–Trinajstić information content (AvgIpc) is 2.74. The molecule has 28 heavy (non-hydrogen) atoms. The monoisotopic (exact) mass is 377 g/mol. The molecular weight excluding hydrogens is 350 g/mol. The number of hydrogen-bond acceptors (Lipinski definition) is 4. The Bertz CT molecular complexity index is 806. The molecule has 3 rings (SSSR count). The van der Waals surface area contributed by atoms with Gasteiger partial charge in [-0.05, 0) is 35.4 Å². The van der Waals surface area contributed by atoms with Crippen molar-refractivity contribution in [2.75, 3.05) is 20.3 Å². The van der Waals surface area contributed by atoms with Gasteiger partial charge in [0.15, 0.2) is 0 Å². The van der Waals surface area contributed by atoms with E-state index in [0.717, 1.165) is 24.6 Å². The zero-order chi connectivity index (χ0) is 19.6. The van der Waals surface area contributed by atoms with Crippen LogP contribution in [0.5, 0.6) is 11.5 Å². The van der Waals surface area contributed by atoms with Gasteiger partial charge in [0.05, 0.1) is 7.11 Å². The Hall–Kier alpha value is -2.82. The molecule has 0 radical (unpaired) electrons. The van der Waals surface area contributed by atoms with Crippen LogP contribution in [-0.4, -0.2) is 36.4 Å². The number of aliphatic hydroxyl groups excluding tert-OH is 1. The molecule has 1 N–H and O–H groups in total. The number of rotatable bonds is 10. The van der Waals surface area contributed by atoms with Crippen LogP contribution >= 0.6 is 0 Å². The van der Waals surface area contributed by atoms with Crippen molar-refractivity contribution in [3.63, 3.8) is 0 Å². The molecule has 3 aromatic carbocycles. The van der Waals surface area contributed by atoms with E-state index in [1.807, 2.05) is 60.7 Å². The summed E-state index contributed by atoms with van der Waals surface area (Å²) in [6.45, 7) is 2.28. The lowest BCUT2D eigenvalue weighted by Gasteiger charge is -2.25. The molecule has 0 aliphatic heterocycles. The number of nitrogens with zero attached hydrogens (tertiary/aromatic N) is 1. The third-order valence-corrected chi connectivity index (χ3v) is 4.47. The van der Waals surface area contributed by atoms with Crippen LogP contribution in [0.4, 0.5) is 0 Å². The van der Waals surface area contributed by atoms with E-state index < -0.39 is 6.10 Å². The maximum atomic E-state index is 10.5. The summed E-state index contributed by atoms with van der Waals surface area (Å²) in [6.07, 6.45) is -0.581. The van der Waals surface area contributed by atoms with Gasteiger partial charge in [-0.25, -0.2) is 0 Å². The van der Waals surface area contributed by atoms with E-state index in [0.29, 0.717) is 6.54 Å². The summed E-state index contributed by atoms with van der Waals surface area (Å²) < 4.78 is 10.9. The highest BCUT2D eigenvalue weighted by Gasteiger charge is 2.14. The zero-order valence-electron chi connectivity index (χ0n) is 16.2. The third kappa shape index (κ3) is 6.41. The molecule has 146 valence electrons. The summed E-state index contributed by atoms with van der Waals surface area (Å²) in [5.41, 5.74) is 2.39. The maximum Gasteiger partial charge on any atom is 0.119 e. The van der Waals surface area contributed by atoms with Crippen molar-refractivity contribution >= 4 is 0 Å². The average molecular weight is 377 g/mol. The van der Waals surface area contributed by atoms with Crippen LogP contribution in [0.1, 0.15) is 11.1 Å². The molecule has 0 heterocycles. The molecule has 0 amide bonds. The number of hydrogen-bond donors (Lipinski definition) is 1. The highest BCUT2D eigenvalue weighted by Crippen LogP contribution is 2.16. The molecule has 0 saturated carbocycles. The molecule has 0 aliphatic rings. The predicted octanol–water partition coefficient (Wildman–Crippen LogP) is 4.14. The van der Waals surface area contributed by atoms with Gasteiger partial charge in [0.2, 0.25) is 0 Å². The molecular formula is C24H27NO3. The first kappa shape index (κ1) is 19.9. The normalized spacial score (nSPS) is 12.0. The lowest BCUT2D eigenvalue weighted by molar-refractivity contribution is 0.0628. The minimum absolute atomic E-state index is 0.262. The van der Waals surface area contributed by atoms with Crippen molar-refractivity contribution in [2.45, 2.75) is 19.2 Å². The van der Waals surface area contributed by atoms with Gasteiger partial charge in [0, 0.05) is 19.6 Å². The van der Waals surface area contributed by atoms with Crippen LogP contribution in [-0.2, 0) is 13.1 Å². The lowest BCUT2D eigenvalue weighted by atomic mass is 10.1. The number of aliphatic hydroxyl groups is 1. The van der Waals surface area contributed by atoms with Gasteiger partial charge in [-0.15, -0.1) is 0 Å². The van der Waals surface area contributed by atoms with E-state index >= 15 is 0 Å². The Morgan fingerprint density at radius 2 is 1.32 bits per heavy atom. The minimum Gasteiger partial charge on any atom is -0.497 e. The summed E-state index contributed by atoms with van der Waals surface area (Å²) in [5, 5.41) is 10.5. The largest absolute Gasteiger partial charge is 0.497 e. The standard InChI is InChI=1S/C24H27NO3/c1-27-23-14-12-21(13-15-23)17-25(16-20-8-4-2-5-9-20)18-22(26)19-28-24-10-6-3-7-11-24/h2-15,22,26H,16-19H2,1H3. The topological polar surface area (TPSA) is 41.9 Å². The molecule has 0 bridgehead atoms. The Labute approximate surface area is 167 Å². The van der Waals surface area contributed by atoms with E-state index in [9.17, 15) is 5.11 Å². The quantitative estimate of drug-likeness (QED) is 0.577. The van der Waals surface area contributed by atoms with E-state index in [1.165, 1.54) is 11.1 Å². The molecule has 0 aliphatic carbocycles. The Morgan fingerprint density at radius 3 is 1.93 bits per heavy atom. The molecule has 0 saturated heterocycles. The fraction of sp³-hybridized carbons (Fsp3) is 0.250. The van der Waals surface area contributed by atoms with Crippen molar-refractivity contribution in [1.29, 1.82) is 0 Å². The highest BCUT2D eigenvalue weighted by molar-refractivity contribution is 5.27. The van der Waals surface area contributed by atoms with Gasteiger partial charge in [0.25, 0.3) is 0 Å². The van der Waals surface area contributed by atoms with Crippen LogP contribution in [0.3, 0.4) is 0 Å². The van der Waals surface area contributed by atoms with Crippen molar-refractivity contribution in [3.8, 4) is 11.5 Å². The van der Waals surface area contributed by atoms with Crippen LogP contribution in [0.25, 0.3) is 0 Å². The minimum atomic E-state index is -0.581. The molecule has 4 heteroatoms.